The lowest BCUT2D eigenvalue weighted by Gasteiger charge is -2.18. The van der Waals surface area contributed by atoms with E-state index in [-0.39, 0.29) is 29.7 Å². The Balaban J connectivity index is 1.29. The van der Waals surface area contributed by atoms with E-state index in [0.29, 0.717) is 5.56 Å². The Labute approximate surface area is 262 Å². The molecule has 0 aliphatic rings. The summed E-state index contributed by atoms with van der Waals surface area (Å²) in [6, 6.07) is 42.1. The number of fused-ring (bicyclic) bond motifs is 7. The molecule has 0 amide bonds. The topological polar surface area (TPSA) is 12.9 Å². The van der Waals surface area contributed by atoms with Gasteiger partial charge in [-0.2, -0.15) is 0 Å². The van der Waals surface area contributed by atoms with Crippen LogP contribution in [0.5, 0.6) is 0 Å². The lowest BCUT2D eigenvalue weighted by atomic mass is 9.86. The van der Waals surface area contributed by atoms with Crippen molar-refractivity contribution in [2.24, 2.45) is 0 Å². The van der Waals surface area contributed by atoms with Crippen molar-refractivity contribution in [2.75, 3.05) is 0 Å². The molecular formula is C43H27N. The number of pyridine rings is 1. The van der Waals surface area contributed by atoms with Crippen LogP contribution in [0.15, 0.2) is 164 Å². The van der Waals surface area contributed by atoms with Gasteiger partial charge in [-0.25, -0.2) is 0 Å². The molecule has 0 atom stereocenters. The minimum absolute atomic E-state index is 0.203. The first-order valence-corrected chi connectivity index (χ1v) is 14.7. The van der Waals surface area contributed by atoms with E-state index in [2.05, 4.69) is 78.9 Å². The molecule has 0 radical (unpaired) electrons. The molecule has 0 bridgehead atoms. The molecule has 1 heterocycles. The van der Waals surface area contributed by atoms with Crippen LogP contribution in [0.3, 0.4) is 0 Å². The number of rotatable bonds is 3. The fourth-order valence-corrected chi connectivity index (χ4v) is 6.86. The molecule has 0 saturated carbocycles. The standard InChI is InChI=1S/C43H27N/c1-2-13-29(14-3-1)42-35-18-8-10-20-37(35)43(38-21-11-9-19-36(38)42)30-23-25-41(44-27-30)40-26-39-31-15-5-4-12-28(31)22-24-34(39)32-16-6-7-17-33(32)40/h1-27H/i1D,2D,3D,13D,14D. The molecule has 44 heavy (non-hydrogen) atoms. The van der Waals surface area contributed by atoms with Gasteiger partial charge in [0.1, 0.15) is 0 Å². The Hall–Kier alpha value is -5.79. The predicted molar refractivity (Wildman–Crippen MR) is 188 cm³/mol. The summed E-state index contributed by atoms with van der Waals surface area (Å²) in [5.41, 5.74) is 4.69. The third-order valence-electron chi connectivity index (χ3n) is 8.78. The van der Waals surface area contributed by atoms with Crippen molar-refractivity contribution in [3.05, 3.63) is 164 Å². The lowest BCUT2D eigenvalue weighted by Crippen LogP contribution is -1.92. The van der Waals surface area contributed by atoms with Gasteiger partial charge in [-0.05, 0) is 82.7 Å². The van der Waals surface area contributed by atoms with Crippen molar-refractivity contribution in [1.82, 2.24) is 4.98 Å². The van der Waals surface area contributed by atoms with Gasteiger partial charge in [0.25, 0.3) is 0 Å². The Morgan fingerprint density at radius 2 is 0.955 bits per heavy atom. The van der Waals surface area contributed by atoms with E-state index in [0.717, 1.165) is 49.3 Å². The molecule has 0 spiro atoms. The summed E-state index contributed by atoms with van der Waals surface area (Å²) in [6.07, 6.45) is 1.93. The van der Waals surface area contributed by atoms with Crippen LogP contribution in [0.25, 0.3) is 87.4 Å². The van der Waals surface area contributed by atoms with Gasteiger partial charge >= 0.3 is 0 Å². The highest BCUT2D eigenvalue weighted by Gasteiger charge is 2.17. The van der Waals surface area contributed by atoms with Gasteiger partial charge in [-0.1, -0.05) is 145 Å². The highest BCUT2D eigenvalue weighted by atomic mass is 14.7. The van der Waals surface area contributed by atoms with Gasteiger partial charge in [-0.15, -0.1) is 0 Å². The first-order valence-electron chi connectivity index (χ1n) is 17.2. The van der Waals surface area contributed by atoms with Crippen molar-refractivity contribution in [3.63, 3.8) is 0 Å². The first kappa shape index (κ1) is 20.2. The molecule has 0 unspecified atom stereocenters. The molecule has 1 heteroatoms. The summed E-state index contributed by atoms with van der Waals surface area (Å²) in [4.78, 5) is 5.09. The molecule has 0 N–H and O–H groups in total. The Morgan fingerprint density at radius 1 is 0.409 bits per heavy atom. The van der Waals surface area contributed by atoms with Crippen LogP contribution in [0.2, 0.25) is 0 Å². The van der Waals surface area contributed by atoms with E-state index in [1.807, 2.05) is 54.7 Å². The highest BCUT2D eigenvalue weighted by molar-refractivity contribution is 6.22. The maximum Gasteiger partial charge on any atom is 0.0708 e. The summed E-state index contributed by atoms with van der Waals surface area (Å²) in [6.45, 7) is 0. The van der Waals surface area contributed by atoms with Gasteiger partial charge in [0.05, 0.1) is 12.5 Å². The van der Waals surface area contributed by atoms with Gasteiger partial charge < -0.3 is 0 Å². The van der Waals surface area contributed by atoms with Crippen molar-refractivity contribution in [1.29, 1.82) is 0 Å². The second kappa shape index (κ2) is 9.90. The predicted octanol–water partition coefficient (Wildman–Crippen LogP) is 11.8. The van der Waals surface area contributed by atoms with E-state index in [4.69, 9.17) is 11.8 Å². The average Bonchev–Trinajstić information content (AvgIpc) is 3.15. The summed E-state index contributed by atoms with van der Waals surface area (Å²) < 4.78 is 42.6. The van der Waals surface area contributed by atoms with Gasteiger partial charge in [0, 0.05) is 17.3 Å². The fraction of sp³-hybridized carbons (Fsp3) is 0. The van der Waals surface area contributed by atoms with E-state index in [1.165, 1.54) is 26.9 Å². The molecule has 1 aromatic heterocycles. The summed E-state index contributed by atoms with van der Waals surface area (Å²) in [7, 11) is 0. The molecule has 0 saturated heterocycles. The second-order valence-corrected chi connectivity index (χ2v) is 11.1. The quantitative estimate of drug-likeness (QED) is 0.154. The van der Waals surface area contributed by atoms with Crippen LogP contribution in [0.4, 0.5) is 0 Å². The SMILES string of the molecule is [2H]c1c([2H])c([2H])c(-c2c3ccccc3c(-c3ccc(-c4cc5c6ccccc6ccc5c5ccccc45)nc3)c3ccccc23)c([2H])c1[2H]. The molecule has 9 aromatic rings. The number of nitrogens with zero attached hydrogens (tertiary/aromatic N) is 1. The number of aromatic nitrogens is 1. The zero-order valence-electron chi connectivity index (χ0n) is 28.6. The third kappa shape index (κ3) is 3.76. The molecular weight excluding hydrogens is 530 g/mol. The molecule has 9 rings (SSSR count). The van der Waals surface area contributed by atoms with E-state index in [9.17, 15) is 0 Å². The van der Waals surface area contributed by atoms with Gasteiger partial charge in [-0.3, -0.25) is 4.98 Å². The summed E-state index contributed by atoms with van der Waals surface area (Å²) in [5.74, 6) is 0. The Bertz CT molecular complexity index is 2740. The minimum Gasteiger partial charge on any atom is -0.256 e. The van der Waals surface area contributed by atoms with Crippen molar-refractivity contribution < 1.29 is 6.85 Å². The highest BCUT2D eigenvalue weighted by Crippen LogP contribution is 2.44. The second-order valence-electron chi connectivity index (χ2n) is 11.1. The third-order valence-corrected chi connectivity index (χ3v) is 8.78. The normalized spacial score (nSPS) is 13.2. The largest absolute Gasteiger partial charge is 0.256 e. The molecule has 0 aliphatic carbocycles. The Kier molecular flexibility index (Phi) is 4.54. The minimum atomic E-state index is -0.400. The lowest BCUT2D eigenvalue weighted by molar-refractivity contribution is 1.34. The van der Waals surface area contributed by atoms with Crippen LogP contribution in [0.1, 0.15) is 6.85 Å². The monoisotopic (exact) mass is 562 g/mol. The molecule has 0 aliphatic heterocycles. The van der Waals surface area contributed by atoms with Crippen LogP contribution in [-0.4, -0.2) is 4.98 Å². The molecule has 0 fully saturated rings. The molecule has 1 nitrogen and oxygen atoms in total. The van der Waals surface area contributed by atoms with Crippen molar-refractivity contribution >= 4 is 53.9 Å². The first-order chi connectivity index (χ1) is 23.9. The average molecular weight is 563 g/mol. The van der Waals surface area contributed by atoms with Crippen LogP contribution >= 0.6 is 0 Å². The number of benzene rings is 8. The van der Waals surface area contributed by atoms with Gasteiger partial charge in [0.15, 0.2) is 0 Å². The van der Waals surface area contributed by atoms with Crippen LogP contribution < -0.4 is 0 Å². The molecule has 204 valence electrons. The van der Waals surface area contributed by atoms with Crippen molar-refractivity contribution in [2.45, 2.75) is 0 Å². The van der Waals surface area contributed by atoms with Crippen LogP contribution in [0, 0.1) is 0 Å². The maximum atomic E-state index is 8.82. The Morgan fingerprint density at radius 3 is 1.59 bits per heavy atom. The fourth-order valence-electron chi connectivity index (χ4n) is 6.86. The van der Waals surface area contributed by atoms with Gasteiger partial charge in [0.2, 0.25) is 0 Å². The number of hydrogen-bond acceptors (Lipinski definition) is 1. The van der Waals surface area contributed by atoms with E-state index < -0.39 is 6.04 Å². The smallest absolute Gasteiger partial charge is 0.0708 e. The van der Waals surface area contributed by atoms with E-state index in [1.54, 1.807) is 0 Å². The van der Waals surface area contributed by atoms with Crippen LogP contribution in [-0.2, 0) is 0 Å². The summed E-state index contributed by atoms with van der Waals surface area (Å²) >= 11 is 0. The number of hydrogen-bond donors (Lipinski definition) is 0. The molecule has 8 aromatic carbocycles. The summed E-state index contributed by atoms with van der Waals surface area (Å²) in [5, 5.41) is 10.6. The van der Waals surface area contributed by atoms with E-state index >= 15 is 0 Å². The zero-order chi connectivity index (χ0) is 33.4. The van der Waals surface area contributed by atoms with Crippen molar-refractivity contribution in [3.8, 4) is 33.5 Å². The maximum absolute atomic E-state index is 8.82. The zero-order valence-corrected chi connectivity index (χ0v) is 23.6.